The molecular formula is C13H12ClN5S. The van der Waals surface area contributed by atoms with E-state index in [1.54, 1.807) is 17.1 Å². The van der Waals surface area contributed by atoms with Crippen molar-refractivity contribution >= 4 is 34.2 Å². The van der Waals surface area contributed by atoms with Crippen LogP contribution >= 0.6 is 23.4 Å². The lowest BCUT2D eigenvalue weighted by Gasteiger charge is -2.03. The molecule has 0 atom stereocenters. The third kappa shape index (κ3) is 4.02. The van der Waals surface area contributed by atoms with Crippen molar-refractivity contribution in [3.05, 3.63) is 47.2 Å². The van der Waals surface area contributed by atoms with Gasteiger partial charge in [0.2, 0.25) is 0 Å². The summed E-state index contributed by atoms with van der Waals surface area (Å²) in [4.78, 5) is 4.32. The molecule has 5 nitrogen and oxygen atoms in total. The number of amidine groups is 1. The van der Waals surface area contributed by atoms with Crippen molar-refractivity contribution in [2.45, 2.75) is 6.54 Å². The van der Waals surface area contributed by atoms with Crippen LogP contribution in [0, 0.1) is 11.5 Å². The molecule has 0 fully saturated rings. The first-order valence-corrected chi connectivity index (χ1v) is 7.36. The Balaban J connectivity index is 2.08. The van der Waals surface area contributed by atoms with E-state index in [1.165, 1.54) is 11.8 Å². The van der Waals surface area contributed by atoms with Gasteiger partial charge in [-0.05, 0) is 24.0 Å². The molecule has 20 heavy (non-hydrogen) atoms. The maximum atomic E-state index is 8.58. The van der Waals surface area contributed by atoms with E-state index in [1.807, 2.05) is 36.7 Å². The van der Waals surface area contributed by atoms with Gasteiger partial charge in [0.05, 0.1) is 23.5 Å². The lowest BCUT2D eigenvalue weighted by Crippen LogP contribution is -2.12. The number of aliphatic imine (C=N–C) groups is 1. The van der Waals surface area contributed by atoms with Gasteiger partial charge in [0.15, 0.2) is 11.4 Å². The first kappa shape index (κ1) is 14.4. The summed E-state index contributed by atoms with van der Waals surface area (Å²) in [5, 5.41) is 16.4. The molecule has 0 aliphatic heterocycles. The van der Waals surface area contributed by atoms with Gasteiger partial charge in [-0.25, -0.2) is 4.99 Å². The molecule has 1 N–H and O–H groups in total. The van der Waals surface area contributed by atoms with Gasteiger partial charge in [0.1, 0.15) is 0 Å². The lowest BCUT2D eigenvalue weighted by atomic mass is 10.2. The van der Waals surface area contributed by atoms with Crippen molar-refractivity contribution in [3.8, 4) is 6.19 Å². The summed E-state index contributed by atoms with van der Waals surface area (Å²) in [6, 6.07) is 7.74. The molecule has 102 valence electrons. The van der Waals surface area contributed by atoms with Crippen molar-refractivity contribution in [1.82, 2.24) is 15.1 Å². The Morgan fingerprint density at radius 1 is 1.50 bits per heavy atom. The van der Waals surface area contributed by atoms with Gasteiger partial charge in [0.25, 0.3) is 0 Å². The molecule has 0 aliphatic carbocycles. The number of benzene rings is 1. The summed E-state index contributed by atoms with van der Waals surface area (Å²) in [5.74, 6) is 0. The number of thioether (sulfide) groups is 1. The van der Waals surface area contributed by atoms with Crippen molar-refractivity contribution in [2.75, 3.05) is 6.26 Å². The number of hydrogen-bond donors (Lipinski definition) is 1. The Labute approximate surface area is 126 Å². The summed E-state index contributed by atoms with van der Waals surface area (Å²) in [5.41, 5.74) is 1.89. The average molecular weight is 306 g/mol. The fraction of sp³-hybridized carbons (Fsp3) is 0.154. The quantitative estimate of drug-likeness (QED) is 0.410. The smallest absolute Gasteiger partial charge is 0.183 e. The number of rotatable bonds is 3. The van der Waals surface area contributed by atoms with Crippen LogP contribution in [0.2, 0.25) is 5.02 Å². The van der Waals surface area contributed by atoms with Gasteiger partial charge in [-0.1, -0.05) is 35.5 Å². The second-order valence-electron chi connectivity index (χ2n) is 3.88. The third-order valence-corrected chi connectivity index (χ3v) is 3.24. The maximum Gasteiger partial charge on any atom is 0.183 e. The molecule has 2 rings (SSSR count). The second-order valence-corrected chi connectivity index (χ2v) is 5.11. The molecule has 0 spiro atoms. The molecule has 0 aliphatic rings. The molecular weight excluding hydrogens is 294 g/mol. The highest BCUT2D eigenvalue weighted by Crippen LogP contribution is 2.16. The molecule has 0 saturated carbocycles. The van der Waals surface area contributed by atoms with Crippen LogP contribution in [0.4, 0.5) is 5.69 Å². The first-order chi connectivity index (χ1) is 9.71. The first-order valence-electron chi connectivity index (χ1n) is 5.76. The van der Waals surface area contributed by atoms with Crippen LogP contribution in [0.5, 0.6) is 0 Å². The molecule has 1 aromatic carbocycles. The van der Waals surface area contributed by atoms with Gasteiger partial charge in [0, 0.05) is 6.20 Å². The zero-order valence-electron chi connectivity index (χ0n) is 10.7. The van der Waals surface area contributed by atoms with Crippen LogP contribution in [0.1, 0.15) is 5.56 Å². The van der Waals surface area contributed by atoms with Gasteiger partial charge < -0.3 is 0 Å². The SMILES string of the molecule is CSC(=Nc1ccc(Cn2cc(Cl)cn2)cc1)NC#N. The molecule has 2 aromatic rings. The molecule has 1 aromatic heterocycles. The van der Waals surface area contributed by atoms with Crippen LogP contribution in [-0.2, 0) is 6.54 Å². The third-order valence-electron chi connectivity index (χ3n) is 2.47. The van der Waals surface area contributed by atoms with Crippen LogP contribution in [0.3, 0.4) is 0 Å². The Bertz CT molecular complexity index is 642. The summed E-state index contributed by atoms with van der Waals surface area (Å²) in [7, 11) is 0. The van der Waals surface area contributed by atoms with Crippen LogP contribution in [0.25, 0.3) is 0 Å². The van der Waals surface area contributed by atoms with Crippen molar-refractivity contribution < 1.29 is 0 Å². The second kappa shape index (κ2) is 6.98. The highest BCUT2D eigenvalue weighted by molar-refractivity contribution is 8.13. The maximum absolute atomic E-state index is 8.58. The fourth-order valence-electron chi connectivity index (χ4n) is 1.58. The normalized spacial score (nSPS) is 11.2. The van der Waals surface area contributed by atoms with Crippen molar-refractivity contribution in [1.29, 1.82) is 5.26 Å². The molecule has 7 heteroatoms. The molecule has 0 unspecified atom stereocenters. The summed E-state index contributed by atoms with van der Waals surface area (Å²) >= 11 is 7.20. The number of halogens is 1. The van der Waals surface area contributed by atoms with E-state index in [4.69, 9.17) is 16.9 Å². The largest absolute Gasteiger partial charge is 0.271 e. The zero-order chi connectivity index (χ0) is 14.4. The molecule has 0 bridgehead atoms. The molecule has 0 amide bonds. The monoisotopic (exact) mass is 305 g/mol. The number of nitrogens with one attached hydrogen (secondary N) is 1. The number of aromatic nitrogens is 2. The average Bonchev–Trinajstić information content (AvgIpc) is 2.85. The number of nitrogens with zero attached hydrogens (tertiary/aromatic N) is 4. The van der Waals surface area contributed by atoms with Crippen LogP contribution < -0.4 is 5.32 Å². The van der Waals surface area contributed by atoms with E-state index in [9.17, 15) is 0 Å². The zero-order valence-corrected chi connectivity index (χ0v) is 12.3. The summed E-state index contributed by atoms with van der Waals surface area (Å²) < 4.78 is 1.77. The topological polar surface area (TPSA) is 66.0 Å². The van der Waals surface area contributed by atoms with E-state index in [-0.39, 0.29) is 0 Å². The number of hydrogen-bond acceptors (Lipinski definition) is 4. The van der Waals surface area contributed by atoms with Crippen molar-refractivity contribution in [2.24, 2.45) is 4.99 Å². The van der Waals surface area contributed by atoms with Gasteiger partial charge in [-0.2, -0.15) is 10.4 Å². The van der Waals surface area contributed by atoms with Gasteiger partial charge in [-0.3, -0.25) is 10.00 Å². The Kier molecular flexibility index (Phi) is 5.04. The lowest BCUT2D eigenvalue weighted by molar-refractivity contribution is 0.687. The highest BCUT2D eigenvalue weighted by atomic mass is 35.5. The highest BCUT2D eigenvalue weighted by Gasteiger charge is 2.00. The molecule has 0 radical (unpaired) electrons. The van der Waals surface area contributed by atoms with E-state index in [0.29, 0.717) is 16.7 Å². The minimum absolute atomic E-state index is 0.569. The van der Waals surface area contributed by atoms with E-state index >= 15 is 0 Å². The predicted octanol–water partition coefficient (Wildman–Crippen LogP) is 3.01. The minimum atomic E-state index is 0.569. The molecule has 1 heterocycles. The van der Waals surface area contributed by atoms with E-state index in [2.05, 4.69) is 15.4 Å². The summed E-state index contributed by atoms with van der Waals surface area (Å²) in [6.07, 6.45) is 7.10. The predicted molar refractivity (Wildman–Crippen MR) is 82.1 cm³/mol. The van der Waals surface area contributed by atoms with E-state index < -0.39 is 0 Å². The Morgan fingerprint density at radius 2 is 2.25 bits per heavy atom. The summed E-state index contributed by atoms with van der Waals surface area (Å²) in [6.45, 7) is 0.655. The van der Waals surface area contributed by atoms with E-state index in [0.717, 1.165) is 11.3 Å². The Hall–Kier alpha value is -1.97. The Morgan fingerprint density at radius 3 is 2.80 bits per heavy atom. The van der Waals surface area contributed by atoms with Crippen LogP contribution in [0.15, 0.2) is 41.7 Å². The van der Waals surface area contributed by atoms with Crippen molar-refractivity contribution in [3.63, 3.8) is 0 Å². The van der Waals surface area contributed by atoms with Gasteiger partial charge >= 0.3 is 0 Å². The minimum Gasteiger partial charge on any atom is -0.271 e. The van der Waals surface area contributed by atoms with Gasteiger partial charge in [-0.15, -0.1) is 0 Å². The van der Waals surface area contributed by atoms with Crippen LogP contribution in [-0.4, -0.2) is 21.2 Å². The fourth-order valence-corrected chi connectivity index (χ4v) is 2.08. The molecule has 0 saturated heterocycles. The number of nitriles is 1. The standard InChI is InChI=1S/C13H12ClN5S/c1-20-13(16-9-15)18-12-4-2-10(3-5-12)7-19-8-11(14)6-17-19/h2-6,8H,7H2,1H3,(H,16,18).